The van der Waals surface area contributed by atoms with Crippen LogP contribution in [0.25, 0.3) is 10.4 Å². The van der Waals surface area contributed by atoms with Gasteiger partial charge < -0.3 is 9.64 Å². The van der Waals surface area contributed by atoms with E-state index in [-0.39, 0.29) is 17.4 Å². The summed E-state index contributed by atoms with van der Waals surface area (Å²) < 4.78 is 33.1. The van der Waals surface area contributed by atoms with Gasteiger partial charge in [0, 0.05) is 23.1 Å². The summed E-state index contributed by atoms with van der Waals surface area (Å²) in [6.45, 7) is 0.321. The first kappa shape index (κ1) is 15.8. The number of benzene rings is 2. The second-order valence-corrected chi connectivity index (χ2v) is 6.76. The molecule has 1 aliphatic rings. The Morgan fingerprint density at radius 3 is 2.76 bits per heavy atom. The number of amides is 1. The molecule has 0 fully saturated rings. The Morgan fingerprint density at radius 1 is 1.16 bits per heavy atom. The van der Waals surface area contributed by atoms with Gasteiger partial charge in [-0.2, -0.15) is 0 Å². The number of anilines is 1. The molecule has 0 radical (unpaired) electrons. The maximum Gasteiger partial charge on any atom is 0.268 e. The van der Waals surface area contributed by atoms with Crippen molar-refractivity contribution in [3.05, 3.63) is 70.6 Å². The maximum absolute atomic E-state index is 13.9. The van der Waals surface area contributed by atoms with Gasteiger partial charge in [-0.25, -0.2) is 8.78 Å². The van der Waals surface area contributed by atoms with Crippen molar-refractivity contribution >= 4 is 22.9 Å². The lowest BCUT2D eigenvalue weighted by Crippen LogP contribution is -2.26. The zero-order valence-electron chi connectivity index (χ0n) is 13.3. The lowest BCUT2D eigenvalue weighted by atomic mass is 10.1. The fourth-order valence-electron chi connectivity index (χ4n) is 2.83. The van der Waals surface area contributed by atoms with Crippen LogP contribution >= 0.6 is 11.3 Å². The average Bonchev–Trinajstić information content (AvgIpc) is 3.05. The Balaban J connectivity index is 1.72. The van der Waals surface area contributed by atoms with Crippen LogP contribution in [0.2, 0.25) is 0 Å². The monoisotopic (exact) mass is 357 g/mol. The Hall–Kier alpha value is -2.73. The minimum atomic E-state index is -0.463. The van der Waals surface area contributed by atoms with E-state index in [0.29, 0.717) is 22.8 Å². The summed E-state index contributed by atoms with van der Waals surface area (Å²) in [5, 5.41) is 0. The van der Waals surface area contributed by atoms with Crippen molar-refractivity contribution in [1.29, 1.82) is 0 Å². The molecule has 3 nitrogen and oxygen atoms in total. The standard InChI is InChI=1S/C19H13F2NO2S/c1-22(15-5-3-2-4-14(15)21)19(23)17-8-11-10-24-16-7-6-12(20)9-13(16)18(11)25-17/h2-9H,10H2,1H3. The second-order valence-electron chi connectivity index (χ2n) is 5.71. The molecule has 1 aromatic heterocycles. The highest BCUT2D eigenvalue weighted by atomic mass is 32.1. The molecule has 0 saturated carbocycles. The zero-order chi connectivity index (χ0) is 17.6. The minimum Gasteiger partial charge on any atom is -0.488 e. The van der Waals surface area contributed by atoms with E-state index in [4.69, 9.17) is 4.74 Å². The molecule has 0 atom stereocenters. The van der Waals surface area contributed by atoms with Crippen molar-refractivity contribution in [3.63, 3.8) is 0 Å². The predicted octanol–water partition coefficient (Wildman–Crippen LogP) is 4.86. The quantitative estimate of drug-likeness (QED) is 0.655. The smallest absolute Gasteiger partial charge is 0.268 e. The highest BCUT2D eigenvalue weighted by Crippen LogP contribution is 2.43. The number of rotatable bonds is 2. The molecule has 0 unspecified atom stereocenters. The van der Waals surface area contributed by atoms with Gasteiger partial charge in [0.1, 0.15) is 24.0 Å². The number of nitrogens with zero attached hydrogens (tertiary/aromatic N) is 1. The Labute approximate surface area is 147 Å². The predicted molar refractivity (Wildman–Crippen MR) is 93.2 cm³/mol. The number of hydrogen-bond acceptors (Lipinski definition) is 3. The van der Waals surface area contributed by atoms with Crippen LogP contribution in [0, 0.1) is 11.6 Å². The largest absolute Gasteiger partial charge is 0.488 e. The van der Waals surface area contributed by atoms with Crippen molar-refractivity contribution in [2.24, 2.45) is 0 Å². The number of hydrogen-bond donors (Lipinski definition) is 0. The molecule has 1 amide bonds. The maximum atomic E-state index is 13.9. The first-order chi connectivity index (χ1) is 12.0. The van der Waals surface area contributed by atoms with Crippen LogP contribution in [0.4, 0.5) is 14.5 Å². The SMILES string of the molecule is CN(C(=O)c1cc2c(s1)-c1cc(F)ccc1OC2)c1ccccc1F. The van der Waals surface area contributed by atoms with Crippen LogP contribution in [-0.2, 0) is 6.61 Å². The third-order valence-electron chi connectivity index (χ3n) is 4.11. The highest BCUT2D eigenvalue weighted by Gasteiger charge is 2.25. The molecule has 126 valence electrons. The number of carbonyl (C=O) groups is 1. The summed E-state index contributed by atoms with van der Waals surface area (Å²) in [7, 11) is 1.53. The van der Waals surface area contributed by atoms with Crippen LogP contribution < -0.4 is 9.64 Å². The van der Waals surface area contributed by atoms with Gasteiger partial charge in [0.2, 0.25) is 0 Å². The highest BCUT2D eigenvalue weighted by molar-refractivity contribution is 7.17. The Bertz CT molecular complexity index is 983. The molecule has 0 saturated heterocycles. The fraction of sp³-hybridized carbons (Fsp3) is 0.105. The fourth-order valence-corrected chi connectivity index (χ4v) is 3.99. The van der Waals surface area contributed by atoms with Crippen LogP contribution in [0.1, 0.15) is 15.2 Å². The van der Waals surface area contributed by atoms with Gasteiger partial charge in [-0.05, 0) is 36.4 Å². The molecule has 2 aromatic carbocycles. The molecule has 0 aliphatic carbocycles. The molecule has 2 heterocycles. The molecule has 0 spiro atoms. The van der Waals surface area contributed by atoms with E-state index >= 15 is 0 Å². The Kier molecular flexibility index (Phi) is 3.77. The number of halogens is 2. The van der Waals surface area contributed by atoms with Gasteiger partial charge in [-0.3, -0.25) is 4.79 Å². The van der Waals surface area contributed by atoms with Crippen molar-refractivity contribution in [2.75, 3.05) is 11.9 Å². The van der Waals surface area contributed by atoms with E-state index in [1.54, 1.807) is 30.3 Å². The van der Waals surface area contributed by atoms with Crippen LogP contribution in [0.5, 0.6) is 5.75 Å². The van der Waals surface area contributed by atoms with Crippen molar-refractivity contribution in [2.45, 2.75) is 6.61 Å². The number of ether oxygens (including phenoxy) is 1. The van der Waals surface area contributed by atoms with Gasteiger partial charge in [0.25, 0.3) is 5.91 Å². The van der Waals surface area contributed by atoms with Crippen LogP contribution in [-0.4, -0.2) is 13.0 Å². The van der Waals surface area contributed by atoms with Gasteiger partial charge in [0.15, 0.2) is 0 Å². The first-order valence-electron chi connectivity index (χ1n) is 7.62. The molecule has 0 bridgehead atoms. The Morgan fingerprint density at radius 2 is 1.96 bits per heavy atom. The number of fused-ring (bicyclic) bond motifs is 3. The summed E-state index contributed by atoms with van der Waals surface area (Å²) in [6.07, 6.45) is 0. The van der Waals surface area contributed by atoms with Gasteiger partial charge in [0.05, 0.1) is 10.6 Å². The van der Waals surface area contributed by atoms with E-state index in [1.165, 1.54) is 41.5 Å². The van der Waals surface area contributed by atoms with Gasteiger partial charge in [-0.1, -0.05) is 12.1 Å². The second kappa shape index (κ2) is 5.97. The van der Waals surface area contributed by atoms with Crippen LogP contribution in [0.15, 0.2) is 48.5 Å². The molecule has 4 rings (SSSR count). The molecule has 0 N–H and O–H groups in total. The number of carbonyl (C=O) groups excluding carboxylic acids is 1. The summed E-state index contributed by atoms with van der Waals surface area (Å²) in [5.74, 6) is -0.546. The topological polar surface area (TPSA) is 29.5 Å². The average molecular weight is 357 g/mol. The zero-order valence-corrected chi connectivity index (χ0v) is 14.1. The van der Waals surface area contributed by atoms with E-state index in [2.05, 4.69) is 0 Å². The minimum absolute atomic E-state index is 0.210. The molecular weight excluding hydrogens is 344 g/mol. The first-order valence-corrected chi connectivity index (χ1v) is 8.44. The summed E-state index contributed by atoms with van der Waals surface area (Å²) >= 11 is 1.26. The van der Waals surface area contributed by atoms with E-state index < -0.39 is 5.82 Å². The summed E-state index contributed by atoms with van der Waals surface area (Å²) in [5.41, 5.74) is 1.67. The molecule has 25 heavy (non-hydrogen) atoms. The van der Waals surface area contributed by atoms with Crippen molar-refractivity contribution in [1.82, 2.24) is 0 Å². The molecular formula is C19H13F2NO2S. The normalized spacial score (nSPS) is 12.1. The lowest BCUT2D eigenvalue weighted by Gasteiger charge is -2.17. The third kappa shape index (κ3) is 2.68. The molecule has 3 aromatic rings. The van der Waals surface area contributed by atoms with Crippen molar-refractivity contribution in [3.8, 4) is 16.2 Å². The summed E-state index contributed by atoms with van der Waals surface area (Å²) in [4.78, 5) is 15.3. The molecule has 1 aliphatic heterocycles. The third-order valence-corrected chi connectivity index (χ3v) is 5.31. The van der Waals surface area contributed by atoms with Gasteiger partial charge >= 0.3 is 0 Å². The summed E-state index contributed by atoms with van der Waals surface area (Å²) in [6, 6.07) is 12.2. The van der Waals surface area contributed by atoms with Crippen molar-refractivity contribution < 1.29 is 18.3 Å². The lowest BCUT2D eigenvalue weighted by molar-refractivity contribution is 0.0996. The van der Waals surface area contributed by atoms with Crippen LogP contribution in [0.3, 0.4) is 0 Å². The van der Waals surface area contributed by atoms with E-state index in [1.807, 2.05) is 0 Å². The van der Waals surface area contributed by atoms with E-state index in [0.717, 1.165) is 10.4 Å². The van der Waals surface area contributed by atoms with Gasteiger partial charge in [-0.15, -0.1) is 11.3 Å². The number of thiophene rings is 1. The number of para-hydroxylation sites is 1. The molecule has 6 heteroatoms. The van der Waals surface area contributed by atoms with E-state index in [9.17, 15) is 13.6 Å².